The van der Waals surface area contributed by atoms with Crippen LogP contribution in [0.5, 0.6) is 0 Å². The van der Waals surface area contributed by atoms with Crippen molar-refractivity contribution >= 4 is 5.78 Å². The summed E-state index contributed by atoms with van der Waals surface area (Å²) < 4.78 is 0. The van der Waals surface area contributed by atoms with E-state index >= 15 is 0 Å². The summed E-state index contributed by atoms with van der Waals surface area (Å²) in [5.41, 5.74) is 4.87. The zero-order chi connectivity index (χ0) is 20.6. The number of likely N-dealkylation sites (tertiary alicyclic amines) is 1. The van der Waals surface area contributed by atoms with Crippen molar-refractivity contribution in [3.8, 4) is 0 Å². The summed E-state index contributed by atoms with van der Waals surface area (Å²) in [4.78, 5) is 14.7. The molecule has 0 aromatic heterocycles. The number of piperidine rings is 1. The maximum absolute atomic E-state index is 11.9. The molecule has 30 heavy (non-hydrogen) atoms. The van der Waals surface area contributed by atoms with Gasteiger partial charge in [-0.15, -0.1) is 0 Å². The minimum atomic E-state index is 0.314. The lowest BCUT2D eigenvalue weighted by molar-refractivity contribution is -0.117. The van der Waals surface area contributed by atoms with Gasteiger partial charge in [0.25, 0.3) is 0 Å². The molecule has 2 aromatic rings. The Morgan fingerprint density at radius 3 is 2.30 bits per heavy atom. The molecule has 2 heteroatoms. The number of carbonyl (C=O) groups excluding carboxylic acids is 1. The summed E-state index contributed by atoms with van der Waals surface area (Å²) >= 11 is 0. The number of carbonyl (C=O) groups is 1. The highest BCUT2D eigenvalue weighted by Crippen LogP contribution is 2.53. The minimum Gasteiger partial charge on any atom is -0.300 e. The van der Waals surface area contributed by atoms with Gasteiger partial charge >= 0.3 is 0 Å². The molecule has 158 valence electrons. The summed E-state index contributed by atoms with van der Waals surface area (Å²) in [5.74, 6) is 1.53. The first-order valence-electron chi connectivity index (χ1n) is 12.0. The molecule has 1 spiro atoms. The Kier molecular flexibility index (Phi) is 5.54. The average Bonchev–Trinajstić information content (AvgIpc) is 3.08. The zero-order valence-corrected chi connectivity index (χ0v) is 18.4. The molecule has 1 saturated heterocycles. The Bertz CT molecular complexity index is 873. The summed E-state index contributed by atoms with van der Waals surface area (Å²) in [6, 6.07) is 20.9. The van der Waals surface area contributed by atoms with Gasteiger partial charge in [0.15, 0.2) is 0 Å². The normalized spacial score (nSPS) is 28.4. The smallest absolute Gasteiger partial charge is 0.130 e. The minimum absolute atomic E-state index is 0.314. The van der Waals surface area contributed by atoms with E-state index in [1.54, 1.807) is 12.5 Å². The van der Waals surface area contributed by atoms with Crippen LogP contribution in [0.25, 0.3) is 0 Å². The number of fused-ring (bicyclic) bond motifs is 2. The van der Waals surface area contributed by atoms with Crippen LogP contribution in [0.4, 0.5) is 0 Å². The lowest BCUT2D eigenvalue weighted by atomic mass is 9.72. The van der Waals surface area contributed by atoms with Gasteiger partial charge in [0.05, 0.1) is 0 Å². The van der Waals surface area contributed by atoms with E-state index in [2.05, 4.69) is 59.5 Å². The van der Waals surface area contributed by atoms with Crippen molar-refractivity contribution in [2.45, 2.75) is 81.6 Å². The van der Waals surface area contributed by atoms with E-state index in [4.69, 9.17) is 0 Å². The highest BCUT2D eigenvalue weighted by Gasteiger charge is 2.46. The highest BCUT2D eigenvalue weighted by molar-refractivity contribution is 5.77. The second-order valence-electron chi connectivity index (χ2n) is 10.1. The third-order valence-corrected chi connectivity index (χ3v) is 8.38. The Balaban J connectivity index is 1.22. The number of hydrogen-bond donors (Lipinski definition) is 0. The molecule has 1 atom stereocenters. The second kappa shape index (κ2) is 8.30. The van der Waals surface area contributed by atoms with E-state index in [1.165, 1.54) is 69.2 Å². The molecule has 1 saturated carbocycles. The second-order valence-corrected chi connectivity index (χ2v) is 10.1. The third kappa shape index (κ3) is 3.75. The van der Waals surface area contributed by atoms with Gasteiger partial charge in [-0.25, -0.2) is 0 Å². The Morgan fingerprint density at radius 2 is 1.60 bits per heavy atom. The van der Waals surface area contributed by atoms with Crippen LogP contribution in [-0.4, -0.2) is 29.8 Å². The molecular weight excluding hydrogens is 366 g/mol. The van der Waals surface area contributed by atoms with E-state index in [0.29, 0.717) is 23.5 Å². The molecule has 2 aliphatic carbocycles. The molecule has 1 aliphatic heterocycles. The summed E-state index contributed by atoms with van der Waals surface area (Å²) in [7, 11) is 0. The van der Waals surface area contributed by atoms with Crippen molar-refractivity contribution in [1.82, 2.24) is 4.90 Å². The van der Waals surface area contributed by atoms with E-state index in [-0.39, 0.29) is 0 Å². The Hall–Kier alpha value is -1.93. The van der Waals surface area contributed by atoms with Gasteiger partial charge in [0.1, 0.15) is 5.78 Å². The number of rotatable bonds is 4. The molecule has 0 unspecified atom stereocenters. The fourth-order valence-electron chi connectivity index (χ4n) is 6.85. The van der Waals surface area contributed by atoms with Crippen molar-refractivity contribution in [1.29, 1.82) is 0 Å². The summed E-state index contributed by atoms with van der Waals surface area (Å²) in [5, 5.41) is 0. The van der Waals surface area contributed by atoms with Crippen LogP contribution in [-0.2, 0) is 10.2 Å². The van der Waals surface area contributed by atoms with Crippen molar-refractivity contribution in [3.05, 3.63) is 71.3 Å². The predicted molar refractivity (Wildman–Crippen MR) is 123 cm³/mol. The van der Waals surface area contributed by atoms with E-state index in [1.807, 2.05) is 0 Å². The number of Topliss-reactive ketones (excluding diaryl/α,β-unsaturated/α-hetero) is 1. The zero-order valence-electron chi connectivity index (χ0n) is 18.4. The molecule has 2 aromatic carbocycles. The van der Waals surface area contributed by atoms with Crippen molar-refractivity contribution in [3.63, 3.8) is 0 Å². The van der Waals surface area contributed by atoms with Gasteiger partial charge in [0.2, 0.25) is 0 Å². The standard InChI is InChI=1S/C28H35NO/c1-21(30)19-24-20-28(27-10-6-5-9-26(24)27)15-17-29(18-16-28)25-13-11-23(12-14-25)22-7-3-2-4-8-22/h2-10,23-25H,11-20H2,1H3/t23?,24-,25?/m0/s1. The molecule has 1 heterocycles. The van der Waals surface area contributed by atoms with Crippen LogP contribution in [0.3, 0.4) is 0 Å². The maximum atomic E-state index is 11.9. The first kappa shape index (κ1) is 20.0. The fourth-order valence-corrected chi connectivity index (χ4v) is 6.85. The summed E-state index contributed by atoms with van der Waals surface area (Å²) in [6.45, 7) is 4.20. The van der Waals surface area contributed by atoms with Crippen molar-refractivity contribution in [2.75, 3.05) is 13.1 Å². The van der Waals surface area contributed by atoms with Crippen LogP contribution in [0.2, 0.25) is 0 Å². The average molecular weight is 402 g/mol. The van der Waals surface area contributed by atoms with Gasteiger partial charge in [-0.3, -0.25) is 0 Å². The van der Waals surface area contributed by atoms with Crippen LogP contribution in [0, 0.1) is 0 Å². The van der Waals surface area contributed by atoms with Gasteiger partial charge in [-0.1, -0.05) is 54.6 Å². The maximum Gasteiger partial charge on any atom is 0.130 e. The van der Waals surface area contributed by atoms with Crippen LogP contribution in [0.15, 0.2) is 54.6 Å². The van der Waals surface area contributed by atoms with Gasteiger partial charge in [-0.2, -0.15) is 0 Å². The molecule has 0 bridgehead atoms. The number of ketones is 1. The quantitative estimate of drug-likeness (QED) is 0.607. The molecule has 0 N–H and O–H groups in total. The lowest BCUT2D eigenvalue weighted by Gasteiger charge is -2.45. The first-order chi connectivity index (χ1) is 14.6. The number of benzene rings is 2. The SMILES string of the molecule is CC(=O)C[C@H]1CC2(CCN(C3CCC(c4ccccc4)CC3)CC2)c2ccccc21. The molecule has 3 aliphatic rings. The molecule has 2 fully saturated rings. The first-order valence-corrected chi connectivity index (χ1v) is 12.0. The van der Waals surface area contributed by atoms with Gasteiger partial charge < -0.3 is 9.69 Å². The molecule has 5 rings (SSSR count). The van der Waals surface area contributed by atoms with Crippen LogP contribution >= 0.6 is 0 Å². The topological polar surface area (TPSA) is 20.3 Å². The highest BCUT2D eigenvalue weighted by atomic mass is 16.1. The molecule has 2 nitrogen and oxygen atoms in total. The molecule has 0 amide bonds. The van der Waals surface area contributed by atoms with Crippen molar-refractivity contribution in [2.24, 2.45) is 0 Å². The number of nitrogens with zero attached hydrogens (tertiary/aromatic N) is 1. The van der Waals surface area contributed by atoms with E-state index in [0.717, 1.165) is 12.0 Å². The third-order valence-electron chi connectivity index (χ3n) is 8.38. The summed E-state index contributed by atoms with van der Waals surface area (Å²) in [6.07, 6.45) is 9.77. The van der Waals surface area contributed by atoms with Crippen LogP contribution in [0.1, 0.15) is 86.8 Å². The van der Waals surface area contributed by atoms with E-state index in [9.17, 15) is 4.79 Å². The van der Waals surface area contributed by atoms with Gasteiger partial charge in [-0.05, 0) is 98.9 Å². The predicted octanol–water partition coefficient (Wildman–Crippen LogP) is 6.21. The van der Waals surface area contributed by atoms with Gasteiger partial charge in [0, 0.05) is 12.5 Å². The lowest BCUT2D eigenvalue weighted by Crippen LogP contribution is -2.47. The Morgan fingerprint density at radius 1 is 0.933 bits per heavy atom. The molecular formula is C28H35NO. The largest absolute Gasteiger partial charge is 0.300 e. The number of hydrogen-bond acceptors (Lipinski definition) is 2. The molecule has 0 radical (unpaired) electrons. The van der Waals surface area contributed by atoms with Crippen LogP contribution < -0.4 is 0 Å². The monoisotopic (exact) mass is 401 g/mol. The van der Waals surface area contributed by atoms with E-state index < -0.39 is 0 Å². The Labute approximate surface area is 181 Å². The fraction of sp³-hybridized carbons (Fsp3) is 0.536. The van der Waals surface area contributed by atoms with Crippen molar-refractivity contribution < 1.29 is 4.79 Å².